The summed E-state index contributed by atoms with van der Waals surface area (Å²) in [6, 6.07) is 9.38. The fraction of sp³-hybridized carbons (Fsp3) is 0.667. The third kappa shape index (κ3) is 4.24. The van der Waals surface area contributed by atoms with Gasteiger partial charge in [-0.15, -0.1) is 0 Å². The van der Waals surface area contributed by atoms with Gasteiger partial charge in [0.15, 0.2) is 0 Å². The summed E-state index contributed by atoms with van der Waals surface area (Å²) in [5.74, 6) is 0.315. The van der Waals surface area contributed by atoms with Crippen molar-refractivity contribution in [1.29, 1.82) is 0 Å². The predicted octanol–water partition coefficient (Wildman–Crippen LogP) is 2.93. The van der Waals surface area contributed by atoms with Gasteiger partial charge in [0.1, 0.15) is 0 Å². The molecule has 4 heteroatoms. The summed E-state index contributed by atoms with van der Waals surface area (Å²) < 4.78 is 0. The molecular formula is C21H33N3O. The molecule has 1 unspecified atom stereocenters. The largest absolute Gasteiger partial charge is 0.340 e. The highest BCUT2D eigenvalue weighted by atomic mass is 16.2. The summed E-state index contributed by atoms with van der Waals surface area (Å²) in [5, 5.41) is 0. The van der Waals surface area contributed by atoms with Crippen LogP contribution in [0.4, 0.5) is 0 Å². The smallest absolute Gasteiger partial charge is 0.229 e. The number of benzene rings is 1. The maximum absolute atomic E-state index is 13.1. The Hall–Kier alpha value is -1.39. The van der Waals surface area contributed by atoms with Gasteiger partial charge in [0, 0.05) is 38.8 Å². The van der Waals surface area contributed by atoms with Crippen LogP contribution >= 0.6 is 0 Å². The lowest BCUT2D eigenvalue weighted by Gasteiger charge is -2.39. The molecule has 1 aromatic rings. The highest BCUT2D eigenvalue weighted by Gasteiger charge is 2.38. The Morgan fingerprint density at radius 2 is 1.72 bits per heavy atom. The van der Waals surface area contributed by atoms with E-state index in [2.05, 4.69) is 66.8 Å². The molecule has 0 spiro atoms. The van der Waals surface area contributed by atoms with Crippen LogP contribution in [-0.4, -0.2) is 66.9 Å². The number of likely N-dealkylation sites (N-methyl/N-ethyl adjacent to an activating group) is 1. The number of piperazine rings is 1. The maximum Gasteiger partial charge on any atom is 0.229 e. The topological polar surface area (TPSA) is 26.8 Å². The molecule has 0 N–H and O–H groups in total. The monoisotopic (exact) mass is 343 g/mol. The molecule has 0 aromatic heterocycles. The quantitative estimate of drug-likeness (QED) is 0.841. The van der Waals surface area contributed by atoms with E-state index in [1.54, 1.807) is 0 Å². The van der Waals surface area contributed by atoms with Gasteiger partial charge in [-0.25, -0.2) is 0 Å². The molecule has 0 aliphatic carbocycles. The van der Waals surface area contributed by atoms with Crippen molar-refractivity contribution in [3.8, 4) is 0 Å². The molecule has 1 amide bonds. The van der Waals surface area contributed by atoms with Crippen LogP contribution in [0.3, 0.4) is 0 Å². The van der Waals surface area contributed by atoms with E-state index in [1.807, 2.05) is 0 Å². The van der Waals surface area contributed by atoms with Gasteiger partial charge in [0.25, 0.3) is 0 Å². The van der Waals surface area contributed by atoms with Gasteiger partial charge < -0.3 is 9.80 Å². The number of carbonyl (C=O) groups is 1. The molecule has 1 aromatic carbocycles. The third-order valence-corrected chi connectivity index (χ3v) is 5.79. The lowest BCUT2D eigenvalue weighted by atomic mass is 9.89. The molecule has 0 saturated carbocycles. The Morgan fingerprint density at radius 3 is 2.36 bits per heavy atom. The van der Waals surface area contributed by atoms with Crippen LogP contribution in [0.25, 0.3) is 0 Å². The molecule has 4 nitrogen and oxygen atoms in total. The fourth-order valence-electron chi connectivity index (χ4n) is 4.19. The summed E-state index contributed by atoms with van der Waals surface area (Å²) in [7, 11) is 2.13. The lowest BCUT2D eigenvalue weighted by molar-refractivity contribution is -0.143. The van der Waals surface area contributed by atoms with Gasteiger partial charge in [-0.3, -0.25) is 9.69 Å². The van der Waals surface area contributed by atoms with Crippen molar-refractivity contribution < 1.29 is 4.79 Å². The molecule has 2 heterocycles. The zero-order valence-electron chi connectivity index (χ0n) is 16.3. The van der Waals surface area contributed by atoms with E-state index < -0.39 is 0 Å². The van der Waals surface area contributed by atoms with Gasteiger partial charge in [-0.1, -0.05) is 29.8 Å². The standard InChI is InChI=1S/C21H33N3O/c1-17-7-9-18(10-8-17)19-6-5-11-24(19)16-21(2,3)20(25)23-14-12-22(4)13-15-23/h7-10,19H,5-6,11-16H2,1-4H3. The number of carbonyl (C=O) groups excluding carboxylic acids is 1. The number of amides is 1. The van der Waals surface area contributed by atoms with E-state index in [-0.39, 0.29) is 5.41 Å². The molecule has 0 radical (unpaired) electrons. The van der Waals surface area contributed by atoms with Crippen molar-refractivity contribution in [1.82, 2.24) is 14.7 Å². The van der Waals surface area contributed by atoms with Crippen molar-refractivity contribution in [3.63, 3.8) is 0 Å². The Labute approximate surface area is 152 Å². The number of rotatable bonds is 4. The Balaban J connectivity index is 1.66. The highest BCUT2D eigenvalue weighted by molar-refractivity contribution is 5.82. The van der Waals surface area contributed by atoms with E-state index >= 15 is 0 Å². The number of nitrogens with zero attached hydrogens (tertiary/aromatic N) is 3. The molecule has 2 aliphatic rings. The minimum Gasteiger partial charge on any atom is -0.340 e. The van der Waals surface area contributed by atoms with Crippen molar-refractivity contribution in [2.75, 3.05) is 46.3 Å². The van der Waals surface area contributed by atoms with E-state index in [1.165, 1.54) is 24.0 Å². The Kier molecular flexibility index (Phi) is 5.49. The van der Waals surface area contributed by atoms with Crippen molar-refractivity contribution in [2.24, 2.45) is 5.41 Å². The zero-order valence-corrected chi connectivity index (χ0v) is 16.3. The predicted molar refractivity (Wildman–Crippen MR) is 103 cm³/mol. The van der Waals surface area contributed by atoms with Crippen LogP contribution in [0.2, 0.25) is 0 Å². The number of likely N-dealkylation sites (tertiary alicyclic amines) is 1. The van der Waals surface area contributed by atoms with E-state index in [4.69, 9.17) is 0 Å². The molecule has 2 saturated heterocycles. The first-order valence-electron chi connectivity index (χ1n) is 9.65. The van der Waals surface area contributed by atoms with Crippen LogP contribution in [0.5, 0.6) is 0 Å². The molecule has 2 fully saturated rings. The molecule has 138 valence electrons. The molecule has 2 aliphatic heterocycles. The van der Waals surface area contributed by atoms with Crippen LogP contribution in [-0.2, 0) is 4.79 Å². The zero-order chi connectivity index (χ0) is 18.0. The Bertz CT molecular complexity index is 588. The van der Waals surface area contributed by atoms with Gasteiger partial charge in [-0.2, -0.15) is 0 Å². The van der Waals surface area contributed by atoms with Crippen LogP contribution < -0.4 is 0 Å². The van der Waals surface area contributed by atoms with Crippen molar-refractivity contribution in [2.45, 2.75) is 39.7 Å². The summed E-state index contributed by atoms with van der Waals surface area (Å²) in [6.07, 6.45) is 2.42. The highest BCUT2D eigenvalue weighted by Crippen LogP contribution is 2.35. The minimum atomic E-state index is -0.330. The molecule has 1 atom stereocenters. The van der Waals surface area contributed by atoms with Crippen molar-refractivity contribution in [3.05, 3.63) is 35.4 Å². The third-order valence-electron chi connectivity index (χ3n) is 5.79. The first-order valence-corrected chi connectivity index (χ1v) is 9.65. The van der Waals surface area contributed by atoms with Gasteiger partial charge >= 0.3 is 0 Å². The van der Waals surface area contributed by atoms with Crippen molar-refractivity contribution >= 4 is 5.91 Å². The molecule has 3 rings (SSSR count). The molecule has 25 heavy (non-hydrogen) atoms. The maximum atomic E-state index is 13.1. The second kappa shape index (κ2) is 7.46. The van der Waals surface area contributed by atoms with Gasteiger partial charge in [0.2, 0.25) is 5.91 Å². The summed E-state index contributed by atoms with van der Waals surface area (Å²) in [5.41, 5.74) is 2.37. The molecule has 0 bridgehead atoms. The lowest BCUT2D eigenvalue weighted by Crippen LogP contribution is -2.53. The second-order valence-electron chi connectivity index (χ2n) is 8.52. The summed E-state index contributed by atoms with van der Waals surface area (Å²) >= 11 is 0. The van der Waals surface area contributed by atoms with Gasteiger partial charge in [-0.05, 0) is 52.8 Å². The van der Waals surface area contributed by atoms with Crippen LogP contribution in [0.1, 0.15) is 43.9 Å². The first-order chi connectivity index (χ1) is 11.9. The van der Waals surface area contributed by atoms with E-state index in [0.717, 1.165) is 39.3 Å². The van der Waals surface area contributed by atoms with Gasteiger partial charge in [0.05, 0.1) is 5.41 Å². The number of aryl methyl sites for hydroxylation is 1. The van der Waals surface area contributed by atoms with E-state index in [9.17, 15) is 4.79 Å². The second-order valence-corrected chi connectivity index (χ2v) is 8.52. The van der Waals surface area contributed by atoms with Crippen LogP contribution in [0.15, 0.2) is 24.3 Å². The SMILES string of the molecule is Cc1ccc(C2CCCN2CC(C)(C)C(=O)N2CCN(C)CC2)cc1. The average Bonchev–Trinajstić information content (AvgIpc) is 3.03. The summed E-state index contributed by atoms with van der Waals surface area (Å²) in [6.45, 7) is 12.0. The first kappa shape index (κ1) is 18.4. The Morgan fingerprint density at radius 1 is 1.08 bits per heavy atom. The summed E-state index contributed by atoms with van der Waals surface area (Å²) in [4.78, 5) is 20.0. The number of hydrogen-bond donors (Lipinski definition) is 0. The average molecular weight is 344 g/mol. The fourth-order valence-corrected chi connectivity index (χ4v) is 4.19. The minimum absolute atomic E-state index is 0.315. The van der Waals surface area contributed by atoms with Crippen LogP contribution in [0, 0.1) is 12.3 Å². The normalized spacial score (nSPS) is 23.2. The number of hydrogen-bond acceptors (Lipinski definition) is 3. The van der Waals surface area contributed by atoms with E-state index in [0.29, 0.717) is 11.9 Å². The molecular weight excluding hydrogens is 310 g/mol.